The second kappa shape index (κ2) is 4.95. The first-order chi connectivity index (χ1) is 8.78. The van der Waals surface area contributed by atoms with Crippen molar-refractivity contribution in [3.05, 3.63) is 16.1 Å². The van der Waals surface area contributed by atoms with Crippen LogP contribution in [0.25, 0.3) is 0 Å². The number of nitrogens with zero attached hydrogens (tertiary/aromatic N) is 3. The molecule has 6 heteroatoms. The van der Waals surface area contributed by atoms with Gasteiger partial charge in [-0.3, -0.25) is 9.69 Å². The van der Waals surface area contributed by atoms with Crippen molar-refractivity contribution in [1.29, 1.82) is 0 Å². The maximum atomic E-state index is 12.2. The third-order valence-corrected chi connectivity index (χ3v) is 4.48. The van der Waals surface area contributed by atoms with Gasteiger partial charge in [-0.15, -0.1) is 11.3 Å². The fraction of sp³-hybridized carbons (Fsp3) is 0.667. The van der Waals surface area contributed by atoms with Gasteiger partial charge in [-0.2, -0.15) is 0 Å². The monoisotopic (exact) mass is 266 g/mol. The van der Waals surface area contributed by atoms with E-state index in [4.69, 9.17) is 5.73 Å². The Hall–Kier alpha value is -0.980. The van der Waals surface area contributed by atoms with Crippen LogP contribution in [0, 0.1) is 0 Å². The maximum Gasteiger partial charge on any atom is 0.273 e. The predicted molar refractivity (Wildman–Crippen MR) is 70.5 cm³/mol. The van der Waals surface area contributed by atoms with Crippen LogP contribution in [0.2, 0.25) is 0 Å². The van der Waals surface area contributed by atoms with E-state index in [0.717, 1.165) is 37.2 Å². The van der Waals surface area contributed by atoms with Crippen molar-refractivity contribution in [2.75, 3.05) is 26.2 Å². The highest BCUT2D eigenvalue weighted by Gasteiger charge is 2.32. The van der Waals surface area contributed by atoms with E-state index >= 15 is 0 Å². The summed E-state index contributed by atoms with van der Waals surface area (Å²) in [4.78, 5) is 20.9. The Bertz CT molecular complexity index is 435. The number of carbonyl (C=O) groups excluding carboxylic acids is 1. The maximum absolute atomic E-state index is 12.2. The third kappa shape index (κ3) is 2.41. The molecule has 1 aromatic rings. The first-order valence-corrected chi connectivity index (χ1v) is 7.33. The molecule has 1 aliphatic heterocycles. The highest BCUT2D eigenvalue weighted by Crippen LogP contribution is 2.27. The summed E-state index contributed by atoms with van der Waals surface area (Å²) < 4.78 is 0. The quantitative estimate of drug-likeness (QED) is 0.866. The van der Waals surface area contributed by atoms with Gasteiger partial charge in [-0.1, -0.05) is 0 Å². The topological polar surface area (TPSA) is 62.5 Å². The third-order valence-electron chi connectivity index (χ3n) is 3.61. The van der Waals surface area contributed by atoms with E-state index in [1.165, 1.54) is 24.2 Å². The zero-order chi connectivity index (χ0) is 12.5. The number of aromatic nitrogens is 1. The molecular weight excluding hydrogens is 248 g/mol. The Balaban J connectivity index is 1.59. The lowest BCUT2D eigenvalue weighted by atomic mass is 10.3. The van der Waals surface area contributed by atoms with Gasteiger partial charge in [0.05, 0.1) is 0 Å². The van der Waals surface area contributed by atoms with Crippen LogP contribution in [-0.4, -0.2) is 52.9 Å². The molecule has 2 aliphatic rings. The summed E-state index contributed by atoms with van der Waals surface area (Å²) in [6, 6.07) is 0.797. The van der Waals surface area contributed by atoms with Gasteiger partial charge in [-0.25, -0.2) is 4.98 Å². The van der Waals surface area contributed by atoms with Gasteiger partial charge < -0.3 is 10.6 Å². The van der Waals surface area contributed by atoms with E-state index in [0.29, 0.717) is 12.2 Å². The van der Waals surface area contributed by atoms with Crippen molar-refractivity contribution in [1.82, 2.24) is 14.8 Å². The van der Waals surface area contributed by atoms with Gasteiger partial charge in [-0.05, 0) is 12.8 Å². The molecule has 0 atom stereocenters. The molecule has 1 saturated carbocycles. The summed E-state index contributed by atoms with van der Waals surface area (Å²) in [6.45, 7) is 4.07. The van der Waals surface area contributed by atoms with Crippen LogP contribution in [-0.2, 0) is 6.54 Å². The number of hydrogen-bond acceptors (Lipinski definition) is 5. The van der Waals surface area contributed by atoms with Crippen molar-refractivity contribution >= 4 is 17.2 Å². The summed E-state index contributed by atoms with van der Waals surface area (Å²) in [7, 11) is 0. The van der Waals surface area contributed by atoms with E-state index in [-0.39, 0.29) is 5.91 Å². The second-order valence-electron chi connectivity index (χ2n) is 4.89. The van der Waals surface area contributed by atoms with Crippen molar-refractivity contribution in [3.8, 4) is 0 Å². The number of rotatable bonds is 3. The lowest BCUT2D eigenvalue weighted by Crippen LogP contribution is -2.49. The Kier molecular flexibility index (Phi) is 3.32. The zero-order valence-corrected chi connectivity index (χ0v) is 11.2. The summed E-state index contributed by atoms with van der Waals surface area (Å²) in [6.07, 6.45) is 2.67. The van der Waals surface area contributed by atoms with Crippen LogP contribution in [0.5, 0.6) is 0 Å². The Labute approximate surface area is 111 Å². The minimum atomic E-state index is 0.0568. The fourth-order valence-corrected chi connectivity index (χ4v) is 3.04. The predicted octanol–water partition coefficient (Wildman–Crippen LogP) is 0.522. The molecule has 1 saturated heterocycles. The van der Waals surface area contributed by atoms with Crippen LogP contribution >= 0.6 is 11.3 Å². The van der Waals surface area contributed by atoms with Crippen molar-refractivity contribution in [2.45, 2.75) is 25.4 Å². The summed E-state index contributed by atoms with van der Waals surface area (Å²) >= 11 is 1.46. The van der Waals surface area contributed by atoms with Crippen LogP contribution in [0.1, 0.15) is 28.3 Å². The van der Waals surface area contributed by atoms with E-state index in [2.05, 4.69) is 9.88 Å². The molecule has 1 aliphatic carbocycles. The minimum Gasteiger partial charge on any atom is -0.335 e. The molecule has 2 fully saturated rings. The smallest absolute Gasteiger partial charge is 0.273 e. The lowest BCUT2D eigenvalue weighted by Gasteiger charge is -2.34. The number of hydrogen-bond donors (Lipinski definition) is 1. The molecule has 98 valence electrons. The summed E-state index contributed by atoms with van der Waals surface area (Å²) in [5.74, 6) is 0.0568. The Morgan fingerprint density at radius 3 is 2.67 bits per heavy atom. The van der Waals surface area contributed by atoms with Gasteiger partial charge in [0.25, 0.3) is 5.91 Å². The molecule has 0 bridgehead atoms. The van der Waals surface area contributed by atoms with Crippen molar-refractivity contribution in [2.24, 2.45) is 5.73 Å². The second-order valence-corrected chi connectivity index (χ2v) is 5.83. The van der Waals surface area contributed by atoms with Gasteiger partial charge in [0.2, 0.25) is 0 Å². The zero-order valence-electron chi connectivity index (χ0n) is 10.3. The van der Waals surface area contributed by atoms with Crippen LogP contribution in [0.4, 0.5) is 0 Å². The number of nitrogens with two attached hydrogens (primary N) is 1. The average Bonchev–Trinajstić information content (AvgIpc) is 3.16. The van der Waals surface area contributed by atoms with E-state index in [9.17, 15) is 4.79 Å². The fourth-order valence-electron chi connectivity index (χ4n) is 2.39. The molecule has 1 aromatic heterocycles. The molecule has 0 radical (unpaired) electrons. The van der Waals surface area contributed by atoms with Crippen LogP contribution in [0.3, 0.4) is 0 Å². The molecule has 2 N–H and O–H groups in total. The SMILES string of the molecule is NCc1nc(C(=O)N2CCN(C3CC3)CC2)cs1. The van der Waals surface area contributed by atoms with E-state index in [1.54, 1.807) is 0 Å². The Morgan fingerprint density at radius 2 is 2.11 bits per heavy atom. The largest absolute Gasteiger partial charge is 0.335 e. The number of carbonyl (C=O) groups is 1. The van der Waals surface area contributed by atoms with Crippen molar-refractivity contribution < 1.29 is 4.79 Å². The van der Waals surface area contributed by atoms with Crippen molar-refractivity contribution in [3.63, 3.8) is 0 Å². The molecule has 2 heterocycles. The van der Waals surface area contributed by atoms with Gasteiger partial charge >= 0.3 is 0 Å². The van der Waals surface area contributed by atoms with Crippen LogP contribution < -0.4 is 5.73 Å². The summed E-state index contributed by atoms with van der Waals surface area (Å²) in [5.41, 5.74) is 6.07. The summed E-state index contributed by atoms with van der Waals surface area (Å²) in [5, 5.41) is 2.65. The van der Waals surface area contributed by atoms with Crippen LogP contribution in [0.15, 0.2) is 5.38 Å². The molecule has 0 unspecified atom stereocenters. The molecule has 5 nitrogen and oxygen atoms in total. The standard InChI is InChI=1S/C12H18N4OS/c13-7-11-14-10(8-18-11)12(17)16-5-3-15(4-6-16)9-1-2-9/h8-9H,1-7,13H2. The number of piperazine rings is 1. The average molecular weight is 266 g/mol. The van der Waals surface area contributed by atoms with E-state index in [1.807, 2.05) is 10.3 Å². The lowest BCUT2D eigenvalue weighted by molar-refractivity contribution is 0.0622. The minimum absolute atomic E-state index is 0.0568. The number of amides is 1. The van der Waals surface area contributed by atoms with Gasteiger partial charge in [0.1, 0.15) is 10.7 Å². The molecule has 0 aromatic carbocycles. The Morgan fingerprint density at radius 1 is 1.39 bits per heavy atom. The molecule has 1 amide bonds. The highest BCUT2D eigenvalue weighted by atomic mass is 32.1. The highest BCUT2D eigenvalue weighted by molar-refractivity contribution is 7.09. The first kappa shape index (κ1) is 12.1. The molecule has 0 spiro atoms. The molecule has 18 heavy (non-hydrogen) atoms. The van der Waals surface area contributed by atoms with Gasteiger partial charge in [0, 0.05) is 44.1 Å². The van der Waals surface area contributed by atoms with E-state index < -0.39 is 0 Å². The van der Waals surface area contributed by atoms with Gasteiger partial charge in [0.15, 0.2) is 0 Å². The number of thiazole rings is 1. The first-order valence-electron chi connectivity index (χ1n) is 6.45. The molecule has 3 rings (SSSR count). The molecular formula is C12H18N4OS. The normalized spacial score (nSPS) is 21.3.